The van der Waals surface area contributed by atoms with Crippen LogP contribution in [0.4, 0.5) is 0 Å². The molecule has 1 aromatic carbocycles. The number of hydrogen-bond acceptors (Lipinski definition) is 2. The van der Waals surface area contributed by atoms with E-state index in [2.05, 4.69) is 0 Å². The van der Waals surface area contributed by atoms with Gasteiger partial charge in [-0.3, -0.25) is 0 Å². The molecule has 5 heteroatoms. The average Bonchev–Trinajstić information content (AvgIpc) is 2.40. The Morgan fingerprint density at radius 3 is 2.32 bits per heavy atom. The summed E-state index contributed by atoms with van der Waals surface area (Å²) in [5.74, 6) is 1.23. The highest BCUT2D eigenvalue weighted by molar-refractivity contribution is 7.89. The van der Waals surface area contributed by atoms with Gasteiger partial charge in [0.1, 0.15) is 0 Å². The third kappa shape index (κ3) is 3.50. The maximum Gasteiger partial charge on any atom is 0.243 e. The summed E-state index contributed by atoms with van der Waals surface area (Å²) in [4.78, 5) is 0.397. The quantitative estimate of drug-likeness (QED) is 0.802. The highest BCUT2D eigenvalue weighted by atomic mass is 35.5. The predicted octanol–water partition coefficient (Wildman–Crippen LogP) is 3.02. The molecule has 0 amide bonds. The van der Waals surface area contributed by atoms with Crippen LogP contribution in [0.2, 0.25) is 0 Å². The molecule has 0 unspecified atom stereocenters. The van der Waals surface area contributed by atoms with Gasteiger partial charge in [-0.1, -0.05) is 17.7 Å². The minimum absolute atomic E-state index is 0.397. The van der Waals surface area contributed by atoms with Crippen LogP contribution < -0.4 is 0 Å². The molecule has 3 nitrogen and oxygen atoms in total. The fourth-order valence-electron chi connectivity index (χ4n) is 2.45. The van der Waals surface area contributed by atoms with Crippen molar-refractivity contribution in [2.45, 2.75) is 31.1 Å². The Hall–Kier alpha value is -0.580. The molecular weight excluding hydrogens is 282 g/mol. The normalized spacial score (nSPS) is 18.6. The van der Waals surface area contributed by atoms with Crippen LogP contribution >= 0.6 is 11.6 Å². The number of sulfonamides is 1. The summed E-state index contributed by atoms with van der Waals surface area (Å²) in [5.41, 5.74) is 1.07. The Kier molecular flexibility index (Phi) is 4.87. The first kappa shape index (κ1) is 14.8. The summed E-state index contributed by atoms with van der Waals surface area (Å²) in [5, 5.41) is 0. The van der Waals surface area contributed by atoms with E-state index in [0.717, 1.165) is 24.8 Å². The zero-order valence-electron chi connectivity index (χ0n) is 11.2. The molecular formula is C14H20ClNO2S. The van der Waals surface area contributed by atoms with Gasteiger partial charge in [0.15, 0.2) is 0 Å². The maximum atomic E-state index is 12.5. The van der Waals surface area contributed by atoms with Crippen molar-refractivity contribution in [3.63, 3.8) is 0 Å². The lowest BCUT2D eigenvalue weighted by Gasteiger charge is -2.30. The largest absolute Gasteiger partial charge is 0.243 e. The highest BCUT2D eigenvalue weighted by Crippen LogP contribution is 2.25. The Morgan fingerprint density at radius 2 is 1.79 bits per heavy atom. The molecule has 0 aliphatic carbocycles. The van der Waals surface area contributed by atoms with E-state index in [0.29, 0.717) is 29.8 Å². The number of hydrogen-bond donors (Lipinski definition) is 0. The fourth-order valence-corrected chi connectivity index (χ4v) is 4.23. The first-order chi connectivity index (χ1) is 9.04. The van der Waals surface area contributed by atoms with Crippen molar-refractivity contribution in [2.24, 2.45) is 5.92 Å². The van der Waals surface area contributed by atoms with E-state index < -0.39 is 10.0 Å². The molecule has 0 aromatic heterocycles. The van der Waals surface area contributed by atoms with E-state index in [9.17, 15) is 8.42 Å². The molecule has 1 aliphatic rings. The van der Waals surface area contributed by atoms with E-state index in [1.807, 2.05) is 19.1 Å². The monoisotopic (exact) mass is 301 g/mol. The standard InChI is InChI=1S/C14H20ClNO2S/c1-12-2-4-14(5-3-12)19(17,18)16-10-7-13(6-9-15)8-11-16/h2-5,13H,6-11H2,1H3. The number of nitrogens with zero attached hydrogens (tertiary/aromatic N) is 1. The lowest BCUT2D eigenvalue weighted by atomic mass is 9.96. The molecule has 1 heterocycles. The Balaban J connectivity index is 2.07. The minimum Gasteiger partial charge on any atom is -0.207 e. The van der Waals surface area contributed by atoms with Crippen LogP contribution in [0.5, 0.6) is 0 Å². The average molecular weight is 302 g/mol. The van der Waals surface area contributed by atoms with Crippen LogP contribution in [-0.4, -0.2) is 31.7 Å². The molecule has 0 spiro atoms. The first-order valence-corrected chi connectivity index (χ1v) is 8.64. The number of rotatable bonds is 4. The molecule has 1 saturated heterocycles. The van der Waals surface area contributed by atoms with Crippen molar-refractivity contribution in [1.82, 2.24) is 4.31 Å². The van der Waals surface area contributed by atoms with Gasteiger partial charge < -0.3 is 0 Å². The second-order valence-electron chi connectivity index (χ2n) is 5.14. The second kappa shape index (κ2) is 6.25. The summed E-state index contributed by atoms with van der Waals surface area (Å²) in [6, 6.07) is 7.06. The van der Waals surface area contributed by atoms with Gasteiger partial charge in [-0.2, -0.15) is 4.31 Å². The predicted molar refractivity (Wildman–Crippen MR) is 78.0 cm³/mol. The van der Waals surface area contributed by atoms with Crippen LogP contribution in [0.15, 0.2) is 29.2 Å². The van der Waals surface area contributed by atoms with Gasteiger partial charge in [0.25, 0.3) is 0 Å². The van der Waals surface area contributed by atoms with E-state index >= 15 is 0 Å². The van der Waals surface area contributed by atoms with E-state index in [-0.39, 0.29) is 0 Å². The smallest absolute Gasteiger partial charge is 0.207 e. The zero-order chi connectivity index (χ0) is 13.9. The Morgan fingerprint density at radius 1 is 1.21 bits per heavy atom. The van der Waals surface area contributed by atoms with Gasteiger partial charge >= 0.3 is 0 Å². The van der Waals surface area contributed by atoms with Crippen LogP contribution in [0, 0.1) is 12.8 Å². The Labute approximate surface area is 120 Å². The lowest BCUT2D eigenvalue weighted by Crippen LogP contribution is -2.38. The molecule has 2 rings (SSSR count). The summed E-state index contributed by atoms with van der Waals surface area (Å²) in [6.07, 6.45) is 2.82. The number of alkyl halides is 1. The Bertz CT molecular complexity index is 505. The number of piperidine rings is 1. The molecule has 1 aromatic rings. The molecule has 0 saturated carbocycles. The highest BCUT2D eigenvalue weighted by Gasteiger charge is 2.28. The third-order valence-corrected chi connectivity index (χ3v) is 5.88. The summed E-state index contributed by atoms with van der Waals surface area (Å²) in [7, 11) is -3.32. The minimum atomic E-state index is -3.32. The van der Waals surface area contributed by atoms with Gasteiger partial charge in [0, 0.05) is 19.0 Å². The first-order valence-electron chi connectivity index (χ1n) is 6.67. The molecule has 1 fully saturated rings. The van der Waals surface area contributed by atoms with Crippen LogP contribution in [0.3, 0.4) is 0 Å². The third-order valence-electron chi connectivity index (χ3n) is 3.75. The van der Waals surface area contributed by atoms with Crippen molar-refractivity contribution in [3.05, 3.63) is 29.8 Å². The van der Waals surface area contributed by atoms with Crippen molar-refractivity contribution in [2.75, 3.05) is 19.0 Å². The van der Waals surface area contributed by atoms with Gasteiger partial charge in [0.05, 0.1) is 4.90 Å². The lowest BCUT2D eigenvalue weighted by molar-refractivity contribution is 0.270. The van der Waals surface area contributed by atoms with Gasteiger partial charge in [-0.25, -0.2) is 8.42 Å². The molecule has 1 aliphatic heterocycles. The fraction of sp³-hybridized carbons (Fsp3) is 0.571. The molecule has 0 atom stereocenters. The molecule has 19 heavy (non-hydrogen) atoms. The van der Waals surface area contributed by atoms with Crippen molar-refractivity contribution >= 4 is 21.6 Å². The molecule has 0 radical (unpaired) electrons. The van der Waals surface area contributed by atoms with Crippen LogP contribution in [-0.2, 0) is 10.0 Å². The van der Waals surface area contributed by atoms with Crippen molar-refractivity contribution in [3.8, 4) is 0 Å². The summed E-state index contributed by atoms with van der Waals surface area (Å²) < 4.78 is 26.5. The van der Waals surface area contributed by atoms with Crippen LogP contribution in [0.1, 0.15) is 24.8 Å². The van der Waals surface area contributed by atoms with E-state index in [4.69, 9.17) is 11.6 Å². The number of benzene rings is 1. The van der Waals surface area contributed by atoms with Crippen LogP contribution in [0.25, 0.3) is 0 Å². The van der Waals surface area contributed by atoms with Gasteiger partial charge in [-0.15, -0.1) is 11.6 Å². The van der Waals surface area contributed by atoms with Gasteiger partial charge in [0.2, 0.25) is 10.0 Å². The van der Waals surface area contributed by atoms with Crippen molar-refractivity contribution < 1.29 is 8.42 Å². The topological polar surface area (TPSA) is 37.4 Å². The molecule has 0 N–H and O–H groups in total. The summed E-state index contributed by atoms with van der Waals surface area (Å²) in [6.45, 7) is 3.17. The molecule has 0 bridgehead atoms. The zero-order valence-corrected chi connectivity index (χ0v) is 12.8. The number of halogens is 1. The second-order valence-corrected chi connectivity index (χ2v) is 7.45. The maximum absolute atomic E-state index is 12.5. The van der Waals surface area contributed by atoms with E-state index in [1.165, 1.54) is 0 Å². The number of aryl methyl sites for hydroxylation is 1. The van der Waals surface area contributed by atoms with Gasteiger partial charge in [-0.05, 0) is 44.2 Å². The summed E-state index contributed by atoms with van der Waals surface area (Å²) >= 11 is 5.74. The van der Waals surface area contributed by atoms with E-state index in [1.54, 1.807) is 16.4 Å². The molecule has 106 valence electrons. The van der Waals surface area contributed by atoms with Crippen molar-refractivity contribution in [1.29, 1.82) is 0 Å². The SMILES string of the molecule is Cc1ccc(S(=O)(=O)N2CCC(CCCl)CC2)cc1.